The number of nitrogens with zero attached hydrogens (tertiary/aromatic N) is 1. The average molecular weight is 383 g/mol. The maximum absolute atomic E-state index is 12.3. The molecule has 0 radical (unpaired) electrons. The van der Waals surface area contributed by atoms with Gasteiger partial charge in [-0.25, -0.2) is 9.59 Å². The minimum absolute atomic E-state index is 0.168. The number of ether oxygens (including phenoxy) is 3. The van der Waals surface area contributed by atoms with Crippen LogP contribution in [0.3, 0.4) is 0 Å². The van der Waals surface area contributed by atoms with Crippen molar-refractivity contribution in [3.8, 4) is 11.5 Å². The molecule has 0 atom stereocenters. The van der Waals surface area contributed by atoms with Gasteiger partial charge >= 0.3 is 11.7 Å². The van der Waals surface area contributed by atoms with Crippen LogP contribution in [0.15, 0.2) is 64.3 Å². The first-order chi connectivity index (χ1) is 13.6. The van der Waals surface area contributed by atoms with E-state index in [1.165, 1.54) is 11.7 Å². The molecule has 0 spiro atoms. The van der Waals surface area contributed by atoms with Crippen molar-refractivity contribution in [3.05, 3.63) is 71.2 Å². The van der Waals surface area contributed by atoms with Crippen LogP contribution in [0.1, 0.15) is 16.8 Å². The third-order valence-electron chi connectivity index (χ3n) is 4.09. The normalized spacial score (nSPS) is 10.6. The Bertz CT molecular complexity index is 1030. The molecule has 0 aliphatic rings. The second-order valence-corrected chi connectivity index (χ2v) is 5.94. The van der Waals surface area contributed by atoms with E-state index in [0.717, 1.165) is 5.52 Å². The lowest BCUT2D eigenvalue weighted by atomic mass is 10.2. The zero-order chi connectivity index (χ0) is 19.9. The van der Waals surface area contributed by atoms with Crippen molar-refractivity contribution in [2.75, 3.05) is 20.3 Å². The summed E-state index contributed by atoms with van der Waals surface area (Å²) in [7, 11) is 1.50. The smallest absolute Gasteiger partial charge is 0.419 e. The van der Waals surface area contributed by atoms with Gasteiger partial charge in [-0.1, -0.05) is 24.8 Å². The number of para-hydroxylation sites is 2. The highest BCUT2D eigenvalue weighted by atomic mass is 16.5. The summed E-state index contributed by atoms with van der Waals surface area (Å²) in [5.41, 5.74) is 1.61. The zero-order valence-corrected chi connectivity index (χ0v) is 15.6. The molecule has 0 fully saturated rings. The van der Waals surface area contributed by atoms with Crippen LogP contribution in [0.5, 0.6) is 11.5 Å². The predicted octanol–water partition coefficient (Wildman–Crippen LogP) is 3.42. The fourth-order valence-corrected chi connectivity index (χ4v) is 2.76. The Morgan fingerprint density at radius 3 is 2.82 bits per heavy atom. The fourth-order valence-electron chi connectivity index (χ4n) is 2.76. The van der Waals surface area contributed by atoms with Crippen LogP contribution >= 0.6 is 0 Å². The monoisotopic (exact) mass is 383 g/mol. The maximum atomic E-state index is 12.3. The van der Waals surface area contributed by atoms with E-state index >= 15 is 0 Å². The molecule has 0 N–H and O–H groups in total. The summed E-state index contributed by atoms with van der Waals surface area (Å²) in [5, 5.41) is 0. The lowest BCUT2D eigenvalue weighted by Crippen LogP contribution is -2.16. The predicted molar refractivity (Wildman–Crippen MR) is 104 cm³/mol. The summed E-state index contributed by atoms with van der Waals surface area (Å²) in [6, 6.07) is 12.0. The number of esters is 1. The Kier molecular flexibility index (Phi) is 6.16. The number of oxazole rings is 1. The van der Waals surface area contributed by atoms with Gasteiger partial charge in [0, 0.05) is 6.54 Å². The van der Waals surface area contributed by atoms with E-state index in [4.69, 9.17) is 18.6 Å². The van der Waals surface area contributed by atoms with Gasteiger partial charge in [0.25, 0.3) is 0 Å². The van der Waals surface area contributed by atoms with Gasteiger partial charge in [-0.2, -0.15) is 0 Å². The molecule has 1 heterocycles. The van der Waals surface area contributed by atoms with Gasteiger partial charge in [-0.3, -0.25) is 4.57 Å². The van der Waals surface area contributed by atoms with Crippen molar-refractivity contribution in [2.24, 2.45) is 0 Å². The Labute approximate surface area is 161 Å². The molecule has 28 heavy (non-hydrogen) atoms. The number of hydrogen-bond donors (Lipinski definition) is 0. The first-order valence-electron chi connectivity index (χ1n) is 8.81. The standard InChI is InChI=1S/C21H21NO6/c1-3-12-26-18-10-9-15(14-19(18)25-2)20(23)27-13-6-11-22-16-7-4-5-8-17(16)28-21(22)24/h3-5,7-10,14H,1,6,11-13H2,2H3. The maximum Gasteiger partial charge on any atom is 0.419 e. The van der Waals surface area contributed by atoms with E-state index in [1.807, 2.05) is 12.1 Å². The number of methoxy groups -OCH3 is 1. The molecule has 2 aromatic carbocycles. The van der Waals surface area contributed by atoms with Gasteiger partial charge in [-0.15, -0.1) is 0 Å². The summed E-state index contributed by atoms with van der Waals surface area (Å²) in [5.74, 6) is 0.0585. The van der Waals surface area contributed by atoms with E-state index in [1.54, 1.807) is 36.4 Å². The molecule has 3 aromatic rings. The molecule has 3 rings (SSSR count). The number of aromatic nitrogens is 1. The highest BCUT2D eigenvalue weighted by Crippen LogP contribution is 2.28. The molecular formula is C21H21NO6. The van der Waals surface area contributed by atoms with E-state index in [2.05, 4.69) is 6.58 Å². The Morgan fingerprint density at radius 2 is 2.04 bits per heavy atom. The van der Waals surface area contributed by atoms with Crippen LogP contribution in [0, 0.1) is 0 Å². The van der Waals surface area contributed by atoms with Crippen molar-refractivity contribution >= 4 is 17.1 Å². The van der Waals surface area contributed by atoms with Crippen LogP contribution in [-0.4, -0.2) is 30.9 Å². The van der Waals surface area contributed by atoms with E-state index < -0.39 is 11.7 Å². The molecule has 0 saturated heterocycles. The molecular weight excluding hydrogens is 362 g/mol. The molecule has 146 valence electrons. The Morgan fingerprint density at radius 1 is 1.21 bits per heavy atom. The lowest BCUT2D eigenvalue weighted by molar-refractivity contribution is 0.0495. The van der Waals surface area contributed by atoms with E-state index in [9.17, 15) is 9.59 Å². The number of carbonyl (C=O) groups is 1. The van der Waals surface area contributed by atoms with Gasteiger partial charge < -0.3 is 18.6 Å². The third kappa shape index (κ3) is 4.25. The number of carbonyl (C=O) groups excluding carboxylic acids is 1. The summed E-state index contributed by atoms with van der Waals surface area (Å²) < 4.78 is 22.7. The van der Waals surface area contributed by atoms with E-state index in [-0.39, 0.29) is 6.61 Å². The molecule has 7 heteroatoms. The van der Waals surface area contributed by atoms with Gasteiger partial charge in [0.1, 0.15) is 6.61 Å². The molecule has 0 aliphatic carbocycles. The molecule has 7 nitrogen and oxygen atoms in total. The second kappa shape index (κ2) is 8.94. The molecule has 0 amide bonds. The minimum atomic E-state index is -0.474. The summed E-state index contributed by atoms with van der Waals surface area (Å²) in [6.45, 7) is 4.49. The lowest BCUT2D eigenvalue weighted by Gasteiger charge is -2.11. The SMILES string of the molecule is C=CCOc1ccc(C(=O)OCCCn2c(=O)oc3ccccc32)cc1OC. The van der Waals surface area contributed by atoms with Gasteiger partial charge in [0.15, 0.2) is 17.1 Å². The highest BCUT2D eigenvalue weighted by Gasteiger charge is 2.13. The number of aryl methyl sites for hydroxylation is 1. The quantitative estimate of drug-likeness (QED) is 0.320. The van der Waals surface area contributed by atoms with Crippen LogP contribution in [0.25, 0.3) is 11.1 Å². The number of hydrogen-bond acceptors (Lipinski definition) is 6. The Hall–Kier alpha value is -3.48. The first-order valence-corrected chi connectivity index (χ1v) is 8.81. The van der Waals surface area contributed by atoms with Crippen molar-refractivity contribution in [2.45, 2.75) is 13.0 Å². The summed E-state index contributed by atoms with van der Waals surface area (Å²) >= 11 is 0. The molecule has 0 aliphatic heterocycles. The van der Waals surface area contributed by atoms with Crippen molar-refractivity contribution in [1.29, 1.82) is 0 Å². The van der Waals surface area contributed by atoms with Crippen LogP contribution < -0.4 is 15.2 Å². The van der Waals surface area contributed by atoms with Crippen molar-refractivity contribution < 1.29 is 23.4 Å². The number of fused-ring (bicyclic) bond motifs is 1. The van der Waals surface area contributed by atoms with Gasteiger partial charge in [0.05, 0.1) is 24.8 Å². The molecule has 0 saturated carbocycles. The summed E-state index contributed by atoms with van der Waals surface area (Å²) in [4.78, 5) is 24.2. The fraction of sp³-hybridized carbons (Fsp3) is 0.238. The molecule has 1 aromatic heterocycles. The largest absolute Gasteiger partial charge is 0.493 e. The van der Waals surface area contributed by atoms with E-state index in [0.29, 0.717) is 42.2 Å². The second-order valence-electron chi connectivity index (χ2n) is 5.94. The highest BCUT2D eigenvalue weighted by molar-refractivity contribution is 5.90. The van der Waals surface area contributed by atoms with Gasteiger partial charge in [0.2, 0.25) is 0 Å². The van der Waals surface area contributed by atoms with Crippen LogP contribution in [-0.2, 0) is 11.3 Å². The zero-order valence-electron chi connectivity index (χ0n) is 15.6. The van der Waals surface area contributed by atoms with Crippen molar-refractivity contribution in [3.63, 3.8) is 0 Å². The summed E-state index contributed by atoms with van der Waals surface area (Å²) in [6.07, 6.45) is 2.10. The molecule has 0 unspecified atom stereocenters. The number of rotatable bonds is 9. The average Bonchev–Trinajstić information content (AvgIpc) is 3.04. The van der Waals surface area contributed by atoms with Crippen molar-refractivity contribution in [1.82, 2.24) is 4.57 Å². The third-order valence-corrected chi connectivity index (χ3v) is 4.09. The number of benzene rings is 2. The first kappa shape index (κ1) is 19.3. The topological polar surface area (TPSA) is 79.9 Å². The van der Waals surface area contributed by atoms with Crippen LogP contribution in [0.4, 0.5) is 0 Å². The minimum Gasteiger partial charge on any atom is -0.493 e. The molecule has 0 bridgehead atoms. The Balaban J connectivity index is 1.57. The van der Waals surface area contributed by atoms with Gasteiger partial charge in [-0.05, 0) is 36.8 Å². The van der Waals surface area contributed by atoms with Crippen LogP contribution in [0.2, 0.25) is 0 Å².